The molecular formula is C10H12ClF. The molecule has 0 nitrogen and oxygen atoms in total. The van der Waals surface area contributed by atoms with Gasteiger partial charge in [0, 0.05) is 11.3 Å². The van der Waals surface area contributed by atoms with E-state index in [9.17, 15) is 4.39 Å². The Morgan fingerprint density at radius 3 is 2.17 bits per heavy atom. The van der Waals surface area contributed by atoms with Crippen LogP contribution < -0.4 is 0 Å². The summed E-state index contributed by atoms with van der Waals surface area (Å²) in [5.41, 5.74) is 0.994. The fraction of sp³-hybridized carbons (Fsp3) is 0.400. The van der Waals surface area contributed by atoms with E-state index in [0.717, 1.165) is 5.56 Å². The minimum atomic E-state index is -0.205. The number of alkyl halides is 1. The van der Waals surface area contributed by atoms with Crippen LogP contribution in [0.1, 0.15) is 19.4 Å². The summed E-state index contributed by atoms with van der Waals surface area (Å²) in [4.78, 5) is 0. The van der Waals surface area contributed by atoms with Crippen LogP contribution in [0.2, 0.25) is 0 Å². The molecule has 2 heteroatoms. The molecule has 0 aliphatic heterocycles. The van der Waals surface area contributed by atoms with Gasteiger partial charge in [-0.3, -0.25) is 0 Å². The van der Waals surface area contributed by atoms with Gasteiger partial charge in [-0.2, -0.15) is 0 Å². The third-order valence-electron chi connectivity index (χ3n) is 1.96. The van der Waals surface area contributed by atoms with Crippen molar-refractivity contribution >= 4 is 11.6 Å². The summed E-state index contributed by atoms with van der Waals surface area (Å²) in [5.74, 6) is 0.336. The van der Waals surface area contributed by atoms with Gasteiger partial charge in [0.25, 0.3) is 0 Å². The minimum Gasteiger partial charge on any atom is -0.207 e. The Kier molecular flexibility index (Phi) is 2.73. The average molecular weight is 187 g/mol. The lowest BCUT2D eigenvalue weighted by Gasteiger charge is -2.21. The summed E-state index contributed by atoms with van der Waals surface area (Å²) in [6.07, 6.45) is 0. The average Bonchev–Trinajstić information content (AvgIpc) is 2.05. The van der Waals surface area contributed by atoms with E-state index in [2.05, 4.69) is 0 Å². The molecule has 0 aliphatic carbocycles. The van der Waals surface area contributed by atoms with E-state index in [0.29, 0.717) is 5.88 Å². The molecule has 1 rings (SSSR count). The van der Waals surface area contributed by atoms with Crippen LogP contribution in [-0.4, -0.2) is 5.88 Å². The molecule has 66 valence electrons. The first-order valence-electron chi connectivity index (χ1n) is 3.88. The second-order valence-electron chi connectivity index (χ2n) is 3.52. The zero-order chi connectivity index (χ0) is 9.19. The van der Waals surface area contributed by atoms with Gasteiger partial charge in [-0.15, -0.1) is 11.6 Å². The maximum Gasteiger partial charge on any atom is 0.123 e. The molecule has 1 aromatic carbocycles. The van der Waals surface area contributed by atoms with Crippen LogP contribution in [0.3, 0.4) is 0 Å². The van der Waals surface area contributed by atoms with Gasteiger partial charge in [0.1, 0.15) is 5.82 Å². The largest absolute Gasteiger partial charge is 0.207 e. The van der Waals surface area contributed by atoms with Crippen LogP contribution in [0.5, 0.6) is 0 Å². The number of hydrogen-bond acceptors (Lipinski definition) is 0. The highest BCUT2D eigenvalue weighted by atomic mass is 35.5. The highest BCUT2D eigenvalue weighted by molar-refractivity contribution is 6.18. The van der Waals surface area contributed by atoms with Gasteiger partial charge in [-0.25, -0.2) is 4.39 Å². The van der Waals surface area contributed by atoms with Gasteiger partial charge in [0.15, 0.2) is 0 Å². The summed E-state index contributed by atoms with van der Waals surface area (Å²) in [5, 5.41) is 0. The van der Waals surface area contributed by atoms with E-state index < -0.39 is 0 Å². The molecule has 0 aliphatic rings. The Bertz CT molecular complexity index is 251. The molecule has 0 spiro atoms. The molecule has 0 fully saturated rings. The van der Waals surface area contributed by atoms with E-state index in [4.69, 9.17) is 11.6 Å². The minimum absolute atomic E-state index is 0.0742. The maximum absolute atomic E-state index is 12.5. The molecule has 0 saturated heterocycles. The zero-order valence-electron chi connectivity index (χ0n) is 7.27. The molecule has 1 aromatic rings. The van der Waals surface area contributed by atoms with Crippen molar-refractivity contribution in [1.29, 1.82) is 0 Å². The van der Waals surface area contributed by atoms with Crippen molar-refractivity contribution in [3.8, 4) is 0 Å². The highest BCUT2D eigenvalue weighted by Crippen LogP contribution is 2.24. The van der Waals surface area contributed by atoms with Crippen LogP contribution in [0.25, 0.3) is 0 Å². The highest BCUT2D eigenvalue weighted by Gasteiger charge is 2.18. The van der Waals surface area contributed by atoms with Gasteiger partial charge < -0.3 is 0 Å². The molecule has 0 unspecified atom stereocenters. The van der Waals surface area contributed by atoms with Crippen LogP contribution in [0.15, 0.2) is 24.3 Å². The summed E-state index contributed by atoms with van der Waals surface area (Å²) < 4.78 is 12.5. The molecule has 0 bridgehead atoms. The molecule has 12 heavy (non-hydrogen) atoms. The normalized spacial score (nSPS) is 11.7. The fourth-order valence-corrected chi connectivity index (χ4v) is 1.13. The lowest BCUT2D eigenvalue weighted by Crippen LogP contribution is -2.18. The van der Waals surface area contributed by atoms with Crippen molar-refractivity contribution < 1.29 is 4.39 Å². The molecule has 0 atom stereocenters. The van der Waals surface area contributed by atoms with E-state index >= 15 is 0 Å². The molecule has 0 saturated carbocycles. The molecule has 0 aromatic heterocycles. The number of hydrogen-bond donors (Lipinski definition) is 0. The molecule has 0 amide bonds. The summed E-state index contributed by atoms with van der Waals surface area (Å²) in [6, 6.07) is 6.47. The fourth-order valence-electron chi connectivity index (χ4n) is 0.978. The second-order valence-corrected chi connectivity index (χ2v) is 3.79. The van der Waals surface area contributed by atoms with E-state index in [1.807, 2.05) is 13.8 Å². The SMILES string of the molecule is CC(C)(CCl)c1ccc(F)cc1. The van der Waals surface area contributed by atoms with Crippen molar-refractivity contribution in [3.05, 3.63) is 35.6 Å². The number of halogens is 2. The first kappa shape index (κ1) is 9.53. The quantitative estimate of drug-likeness (QED) is 0.622. The van der Waals surface area contributed by atoms with Crippen LogP contribution in [-0.2, 0) is 5.41 Å². The predicted molar refractivity (Wildman–Crippen MR) is 50.1 cm³/mol. The van der Waals surface area contributed by atoms with E-state index in [1.54, 1.807) is 12.1 Å². The summed E-state index contributed by atoms with van der Waals surface area (Å²) >= 11 is 5.77. The maximum atomic E-state index is 12.5. The second kappa shape index (κ2) is 3.44. The zero-order valence-corrected chi connectivity index (χ0v) is 8.03. The van der Waals surface area contributed by atoms with Gasteiger partial charge in [0.05, 0.1) is 0 Å². The Morgan fingerprint density at radius 2 is 1.75 bits per heavy atom. The smallest absolute Gasteiger partial charge is 0.123 e. The van der Waals surface area contributed by atoms with Crippen molar-refractivity contribution in [1.82, 2.24) is 0 Å². The predicted octanol–water partition coefficient (Wildman–Crippen LogP) is 3.34. The molecule has 0 radical (unpaired) electrons. The van der Waals surface area contributed by atoms with Crippen LogP contribution in [0, 0.1) is 5.82 Å². The van der Waals surface area contributed by atoms with Crippen molar-refractivity contribution in [3.63, 3.8) is 0 Å². The lowest BCUT2D eigenvalue weighted by molar-refractivity contribution is 0.589. The van der Waals surface area contributed by atoms with E-state index in [1.165, 1.54) is 12.1 Å². The van der Waals surface area contributed by atoms with Crippen LogP contribution in [0.4, 0.5) is 4.39 Å². The van der Waals surface area contributed by atoms with Crippen molar-refractivity contribution in [2.24, 2.45) is 0 Å². The lowest BCUT2D eigenvalue weighted by atomic mass is 9.87. The van der Waals surface area contributed by atoms with Gasteiger partial charge >= 0.3 is 0 Å². The summed E-state index contributed by atoms with van der Waals surface area (Å²) in [6.45, 7) is 4.07. The third kappa shape index (κ3) is 1.98. The van der Waals surface area contributed by atoms with Crippen molar-refractivity contribution in [2.45, 2.75) is 19.3 Å². The Balaban J connectivity index is 2.96. The number of benzene rings is 1. The summed E-state index contributed by atoms with van der Waals surface area (Å²) in [7, 11) is 0. The first-order chi connectivity index (χ1) is 5.56. The van der Waals surface area contributed by atoms with Gasteiger partial charge in [0.2, 0.25) is 0 Å². The van der Waals surface area contributed by atoms with Gasteiger partial charge in [-0.05, 0) is 17.7 Å². The molecule has 0 N–H and O–H groups in total. The molecule has 0 heterocycles. The number of rotatable bonds is 2. The van der Waals surface area contributed by atoms with Gasteiger partial charge in [-0.1, -0.05) is 26.0 Å². The Labute approximate surface area is 77.4 Å². The Hall–Kier alpha value is -0.560. The first-order valence-corrected chi connectivity index (χ1v) is 4.42. The monoisotopic (exact) mass is 186 g/mol. The molecular weight excluding hydrogens is 175 g/mol. The van der Waals surface area contributed by atoms with E-state index in [-0.39, 0.29) is 11.2 Å². The third-order valence-corrected chi connectivity index (χ3v) is 2.63. The standard InChI is InChI=1S/C10H12ClF/c1-10(2,7-11)8-3-5-9(12)6-4-8/h3-6H,7H2,1-2H3. The topological polar surface area (TPSA) is 0 Å². The van der Waals surface area contributed by atoms with Crippen molar-refractivity contribution in [2.75, 3.05) is 5.88 Å². The Morgan fingerprint density at radius 1 is 1.25 bits per heavy atom. The van der Waals surface area contributed by atoms with Crippen LogP contribution >= 0.6 is 11.6 Å².